The van der Waals surface area contributed by atoms with Crippen molar-refractivity contribution in [2.75, 3.05) is 31.1 Å². The van der Waals surface area contributed by atoms with Crippen LogP contribution in [0.4, 0.5) is 10.1 Å². The van der Waals surface area contributed by atoms with E-state index in [0.717, 1.165) is 50.4 Å². The molecule has 0 aliphatic carbocycles. The van der Waals surface area contributed by atoms with Crippen molar-refractivity contribution in [1.29, 1.82) is 0 Å². The average molecular weight is 372 g/mol. The zero-order chi connectivity index (χ0) is 18.9. The topological polar surface area (TPSA) is 45.9 Å². The number of hydrogen-bond donors (Lipinski definition) is 0. The number of piperidine rings is 1. The van der Waals surface area contributed by atoms with E-state index in [0.29, 0.717) is 12.2 Å². The third kappa shape index (κ3) is 3.92. The Labute approximate surface area is 158 Å². The van der Waals surface area contributed by atoms with Crippen LogP contribution in [0.25, 0.3) is 0 Å². The summed E-state index contributed by atoms with van der Waals surface area (Å²) >= 11 is 0. The van der Waals surface area contributed by atoms with Crippen LogP contribution in [0.15, 0.2) is 40.8 Å². The lowest BCUT2D eigenvalue weighted by atomic mass is 9.90. The van der Waals surface area contributed by atoms with Crippen molar-refractivity contribution in [3.63, 3.8) is 0 Å². The van der Waals surface area contributed by atoms with E-state index in [1.165, 1.54) is 12.1 Å². The molecule has 1 amide bonds. The molecule has 0 radical (unpaired) electrons. The first-order chi connectivity index (χ1) is 13.1. The van der Waals surface area contributed by atoms with Gasteiger partial charge >= 0.3 is 0 Å². The Morgan fingerprint density at radius 3 is 2.81 bits per heavy atom. The van der Waals surface area contributed by atoms with Crippen LogP contribution in [-0.4, -0.2) is 42.6 Å². The fourth-order valence-electron chi connectivity index (χ4n) is 4.08. The summed E-state index contributed by atoms with van der Waals surface area (Å²) in [6.07, 6.45) is 2.77. The van der Waals surface area contributed by atoms with Gasteiger partial charge in [0.25, 0.3) is 5.91 Å². The Morgan fingerprint density at radius 2 is 2.04 bits per heavy atom. The molecular formula is C21H25FN2O3. The number of carbonyl (C=O) groups is 1. The first-order valence-corrected chi connectivity index (χ1v) is 9.57. The highest BCUT2D eigenvalue weighted by atomic mass is 19.1. The van der Waals surface area contributed by atoms with Crippen LogP contribution in [0, 0.1) is 5.82 Å². The molecule has 4 rings (SSSR count). The Kier molecular flexibility index (Phi) is 5.02. The molecular weight excluding hydrogens is 347 g/mol. The Balaban J connectivity index is 1.49. The Hall–Kier alpha value is -2.18. The highest BCUT2D eigenvalue weighted by Crippen LogP contribution is 2.32. The van der Waals surface area contributed by atoms with Gasteiger partial charge in [-0.05, 0) is 49.7 Å². The smallest absolute Gasteiger partial charge is 0.253 e. The second kappa shape index (κ2) is 7.44. The lowest BCUT2D eigenvalue weighted by Gasteiger charge is -2.47. The third-order valence-corrected chi connectivity index (χ3v) is 5.43. The number of morpholine rings is 1. The SMILES string of the molecule is CCc1ccc(CN2CCCC3(C2)CN(c2cccc(F)c2)C(=O)CO3)o1. The van der Waals surface area contributed by atoms with E-state index >= 15 is 0 Å². The Morgan fingerprint density at radius 1 is 1.19 bits per heavy atom. The standard InChI is InChI=1S/C21H25FN2O3/c1-2-18-7-8-19(27-18)12-23-10-4-9-21(14-23)15-24(20(25)13-26-21)17-6-3-5-16(22)11-17/h3,5-8,11H,2,4,9-10,12-15H2,1H3. The minimum absolute atomic E-state index is 0.0328. The van der Waals surface area contributed by atoms with Crippen molar-refractivity contribution in [3.05, 3.63) is 53.7 Å². The van der Waals surface area contributed by atoms with Gasteiger partial charge in [0, 0.05) is 18.7 Å². The number of amides is 1. The second-order valence-electron chi connectivity index (χ2n) is 7.47. The van der Waals surface area contributed by atoms with Gasteiger partial charge in [-0.3, -0.25) is 9.69 Å². The number of furan rings is 1. The van der Waals surface area contributed by atoms with Gasteiger partial charge in [-0.15, -0.1) is 0 Å². The van der Waals surface area contributed by atoms with Gasteiger partial charge in [0.1, 0.15) is 23.9 Å². The molecule has 2 aliphatic heterocycles. The molecule has 1 aromatic heterocycles. The van der Waals surface area contributed by atoms with Gasteiger partial charge in [0.05, 0.1) is 18.7 Å². The van der Waals surface area contributed by atoms with Crippen LogP contribution in [0.2, 0.25) is 0 Å². The second-order valence-corrected chi connectivity index (χ2v) is 7.47. The minimum atomic E-state index is -0.418. The van der Waals surface area contributed by atoms with Crippen molar-refractivity contribution in [2.24, 2.45) is 0 Å². The zero-order valence-corrected chi connectivity index (χ0v) is 15.6. The molecule has 144 valence electrons. The van der Waals surface area contributed by atoms with Crippen molar-refractivity contribution in [2.45, 2.75) is 38.3 Å². The Bertz CT molecular complexity index is 821. The van der Waals surface area contributed by atoms with E-state index in [2.05, 4.69) is 11.8 Å². The number of likely N-dealkylation sites (tertiary alicyclic amines) is 1. The zero-order valence-electron chi connectivity index (χ0n) is 15.6. The summed E-state index contributed by atoms with van der Waals surface area (Å²) in [7, 11) is 0. The molecule has 6 heteroatoms. The number of carbonyl (C=O) groups excluding carboxylic acids is 1. The van der Waals surface area contributed by atoms with Crippen LogP contribution < -0.4 is 4.90 Å². The number of benzene rings is 1. The predicted octanol–water partition coefficient (Wildman–Crippen LogP) is 3.38. The molecule has 5 nitrogen and oxygen atoms in total. The predicted molar refractivity (Wildman–Crippen MR) is 100 cm³/mol. The summed E-state index contributed by atoms with van der Waals surface area (Å²) < 4.78 is 25.5. The van der Waals surface area contributed by atoms with Crippen LogP contribution in [0.1, 0.15) is 31.3 Å². The summed E-state index contributed by atoms with van der Waals surface area (Å²) in [6, 6.07) is 10.3. The molecule has 0 saturated carbocycles. The molecule has 1 spiro atoms. The molecule has 0 bridgehead atoms. The molecule has 2 fully saturated rings. The first-order valence-electron chi connectivity index (χ1n) is 9.57. The molecule has 0 N–H and O–H groups in total. The lowest BCUT2D eigenvalue weighted by molar-refractivity contribution is -0.146. The van der Waals surface area contributed by atoms with Crippen molar-refractivity contribution in [1.82, 2.24) is 4.90 Å². The molecule has 3 heterocycles. The molecule has 1 unspecified atom stereocenters. The highest BCUT2D eigenvalue weighted by molar-refractivity contribution is 5.95. The maximum Gasteiger partial charge on any atom is 0.253 e. The maximum atomic E-state index is 13.6. The molecule has 1 aromatic carbocycles. The van der Waals surface area contributed by atoms with E-state index in [4.69, 9.17) is 9.15 Å². The summed E-state index contributed by atoms with van der Waals surface area (Å²) in [6.45, 7) is 5.00. The fourth-order valence-corrected chi connectivity index (χ4v) is 4.08. The van der Waals surface area contributed by atoms with Crippen molar-refractivity contribution < 1.29 is 18.3 Å². The minimum Gasteiger partial charge on any atom is -0.465 e. The molecule has 2 aromatic rings. The summed E-state index contributed by atoms with van der Waals surface area (Å²) in [5.41, 5.74) is 0.178. The summed E-state index contributed by atoms with van der Waals surface area (Å²) in [4.78, 5) is 16.4. The number of hydrogen-bond acceptors (Lipinski definition) is 4. The van der Waals surface area contributed by atoms with Crippen LogP contribution in [0.5, 0.6) is 0 Å². The van der Waals surface area contributed by atoms with Crippen molar-refractivity contribution in [3.8, 4) is 0 Å². The molecule has 2 aliphatic rings. The quantitative estimate of drug-likeness (QED) is 0.825. The van der Waals surface area contributed by atoms with Crippen LogP contribution in [-0.2, 0) is 22.5 Å². The molecule has 1 atom stereocenters. The van der Waals surface area contributed by atoms with E-state index < -0.39 is 5.60 Å². The number of nitrogens with zero attached hydrogens (tertiary/aromatic N) is 2. The fraction of sp³-hybridized carbons (Fsp3) is 0.476. The number of ether oxygens (including phenoxy) is 1. The maximum absolute atomic E-state index is 13.6. The first kappa shape index (κ1) is 18.2. The monoisotopic (exact) mass is 372 g/mol. The number of anilines is 1. The summed E-state index contributed by atoms with van der Waals surface area (Å²) in [5, 5.41) is 0. The van der Waals surface area contributed by atoms with Crippen molar-refractivity contribution >= 4 is 11.6 Å². The van der Waals surface area contributed by atoms with E-state index in [9.17, 15) is 9.18 Å². The third-order valence-electron chi connectivity index (χ3n) is 5.43. The number of halogens is 1. The molecule has 27 heavy (non-hydrogen) atoms. The van der Waals surface area contributed by atoms with Gasteiger partial charge in [0.2, 0.25) is 0 Å². The van der Waals surface area contributed by atoms with Gasteiger partial charge in [0.15, 0.2) is 0 Å². The van der Waals surface area contributed by atoms with Crippen LogP contribution >= 0.6 is 0 Å². The number of rotatable bonds is 4. The number of aryl methyl sites for hydroxylation is 1. The van der Waals surface area contributed by atoms with E-state index in [1.807, 2.05) is 12.1 Å². The lowest BCUT2D eigenvalue weighted by Crippen LogP contribution is -2.61. The molecule has 2 saturated heterocycles. The van der Waals surface area contributed by atoms with Gasteiger partial charge in [-0.1, -0.05) is 13.0 Å². The van der Waals surface area contributed by atoms with E-state index in [1.54, 1.807) is 17.0 Å². The normalized spacial score (nSPS) is 23.9. The largest absolute Gasteiger partial charge is 0.465 e. The average Bonchev–Trinajstić information content (AvgIpc) is 3.12. The van der Waals surface area contributed by atoms with Crippen LogP contribution in [0.3, 0.4) is 0 Å². The summed E-state index contributed by atoms with van der Waals surface area (Å²) in [5.74, 6) is 1.49. The van der Waals surface area contributed by atoms with Gasteiger partial charge in [-0.2, -0.15) is 0 Å². The highest BCUT2D eigenvalue weighted by Gasteiger charge is 2.43. The van der Waals surface area contributed by atoms with Gasteiger partial charge in [-0.25, -0.2) is 4.39 Å². The van der Waals surface area contributed by atoms with Gasteiger partial charge < -0.3 is 14.1 Å². The van der Waals surface area contributed by atoms with E-state index in [-0.39, 0.29) is 18.3 Å².